The van der Waals surface area contributed by atoms with Gasteiger partial charge in [0.1, 0.15) is 11.6 Å². The molecule has 2 aliphatic heterocycles. The van der Waals surface area contributed by atoms with Crippen LogP contribution in [0.1, 0.15) is 31.0 Å². The zero-order chi connectivity index (χ0) is 26.6. The van der Waals surface area contributed by atoms with Gasteiger partial charge in [-0.25, -0.2) is 0 Å². The highest BCUT2D eigenvalue weighted by Crippen LogP contribution is 2.36. The highest BCUT2D eigenvalue weighted by Gasteiger charge is 2.33. The molecule has 1 N–H and O–H groups in total. The first kappa shape index (κ1) is 25.3. The number of phenols is 1. The number of hydrogen-bond acceptors (Lipinski definition) is 8. The van der Waals surface area contributed by atoms with Crippen LogP contribution in [0, 0.1) is 11.3 Å². The summed E-state index contributed by atoms with van der Waals surface area (Å²) in [5.74, 6) is 0.890. The number of amides is 1. The molecule has 38 heavy (non-hydrogen) atoms. The standard InChI is InChI=1S/C29H32N6O3/c1-3-15-38-29-31-25-19-33(26-17-22(36)16-20-7-5-6-8-23(20)26)12-10-24(25)28(32-29)34-13-14-35(27(37)4-2)21(18-34)9-11-30/h4-8,16-17,21,36H,2-3,9-10,12-15,18-19H2,1H3/t21-/m0/s1. The molecule has 9 nitrogen and oxygen atoms in total. The van der Waals surface area contributed by atoms with Crippen LogP contribution in [0.25, 0.3) is 10.8 Å². The smallest absolute Gasteiger partial charge is 0.318 e. The maximum atomic E-state index is 12.4. The molecular formula is C29H32N6O3. The fourth-order valence-corrected chi connectivity index (χ4v) is 5.39. The van der Waals surface area contributed by atoms with E-state index in [4.69, 9.17) is 14.7 Å². The Bertz CT molecular complexity index is 1400. The van der Waals surface area contributed by atoms with Gasteiger partial charge in [-0.1, -0.05) is 37.8 Å². The van der Waals surface area contributed by atoms with Crippen molar-refractivity contribution < 1.29 is 14.6 Å². The van der Waals surface area contributed by atoms with E-state index in [2.05, 4.69) is 28.5 Å². The van der Waals surface area contributed by atoms with Crippen molar-refractivity contribution in [3.05, 3.63) is 60.3 Å². The molecule has 1 atom stereocenters. The lowest BCUT2D eigenvalue weighted by Crippen LogP contribution is -2.55. The second kappa shape index (κ2) is 11.0. The molecule has 0 spiro atoms. The number of ether oxygens (including phenoxy) is 1. The molecule has 2 aliphatic rings. The van der Waals surface area contributed by atoms with Crippen LogP contribution in [0.3, 0.4) is 0 Å². The van der Waals surface area contributed by atoms with Gasteiger partial charge < -0.3 is 24.5 Å². The van der Waals surface area contributed by atoms with Gasteiger partial charge in [0.15, 0.2) is 0 Å². The Labute approximate surface area is 222 Å². The maximum absolute atomic E-state index is 12.4. The van der Waals surface area contributed by atoms with E-state index in [0.29, 0.717) is 38.8 Å². The lowest BCUT2D eigenvalue weighted by Gasteiger charge is -2.42. The molecule has 5 rings (SSSR count). The molecular weight excluding hydrogens is 480 g/mol. The van der Waals surface area contributed by atoms with Gasteiger partial charge in [0.05, 0.1) is 37.4 Å². The number of aromatic hydroxyl groups is 1. The average Bonchev–Trinajstić information content (AvgIpc) is 2.94. The number of carbonyl (C=O) groups excluding carboxylic acids is 1. The minimum Gasteiger partial charge on any atom is -0.508 e. The first-order chi connectivity index (χ1) is 18.5. The predicted molar refractivity (Wildman–Crippen MR) is 146 cm³/mol. The van der Waals surface area contributed by atoms with Crippen molar-refractivity contribution in [2.75, 3.05) is 42.6 Å². The number of aromatic nitrogens is 2. The molecule has 3 heterocycles. The first-order valence-corrected chi connectivity index (χ1v) is 13.1. The van der Waals surface area contributed by atoms with Gasteiger partial charge in [-0.2, -0.15) is 15.2 Å². The van der Waals surface area contributed by atoms with Crippen molar-refractivity contribution in [3.8, 4) is 17.8 Å². The normalized spacial score (nSPS) is 17.2. The van der Waals surface area contributed by atoms with Crippen LogP contribution in [0.15, 0.2) is 49.1 Å². The molecule has 1 amide bonds. The van der Waals surface area contributed by atoms with Crippen molar-refractivity contribution in [1.29, 1.82) is 5.26 Å². The predicted octanol–water partition coefficient (Wildman–Crippen LogP) is 3.80. The zero-order valence-electron chi connectivity index (χ0n) is 21.6. The van der Waals surface area contributed by atoms with Crippen molar-refractivity contribution in [2.24, 2.45) is 0 Å². The number of benzene rings is 2. The van der Waals surface area contributed by atoms with E-state index in [9.17, 15) is 15.2 Å². The maximum Gasteiger partial charge on any atom is 0.318 e. The number of anilines is 2. The summed E-state index contributed by atoms with van der Waals surface area (Å²) in [6, 6.07) is 14.0. The van der Waals surface area contributed by atoms with Crippen LogP contribution < -0.4 is 14.5 Å². The van der Waals surface area contributed by atoms with Gasteiger partial charge in [0.2, 0.25) is 5.91 Å². The molecule has 1 fully saturated rings. The van der Waals surface area contributed by atoms with Gasteiger partial charge in [0, 0.05) is 48.9 Å². The van der Waals surface area contributed by atoms with Crippen molar-refractivity contribution in [2.45, 2.75) is 38.8 Å². The summed E-state index contributed by atoms with van der Waals surface area (Å²) in [5, 5.41) is 21.9. The average molecular weight is 513 g/mol. The summed E-state index contributed by atoms with van der Waals surface area (Å²) in [6.45, 7) is 9.05. The number of phenolic OH excluding ortho intramolecular Hbond substituents is 1. The summed E-state index contributed by atoms with van der Waals surface area (Å²) in [4.78, 5) is 28.1. The SMILES string of the molecule is C=CC(=O)N1CCN(c2nc(OCCC)nc3c2CCN(c2cc(O)cc4ccccc24)C3)C[C@@H]1CC#N. The third kappa shape index (κ3) is 4.94. The highest BCUT2D eigenvalue weighted by molar-refractivity contribution is 5.95. The monoisotopic (exact) mass is 512 g/mol. The van der Waals surface area contributed by atoms with E-state index in [0.717, 1.165) is 52.9 Å². The molecule has 1 saturated heterocycles. The lowest BCUT2D eigenvalue weighted by molar-refractivity contribution is -0.128. The van der Waals surface area contributed by atoms with Crippen LogP contribution in [-0.2, 0) is 17.8 Å². The molecule has 0 bridgehead atoms. The highest BCUT2D eigenvalue weighted by atomic mass is 16.5. The third-order valence-electron chi connectivity index (χ3n) is 7.19. The molecule has 3 aromatic rings. The van der Waals surface area contributed by atoms with E-state index >= 15 is 0 Å². The van der Waals surface area contributed by atoms with Crippen molar-refractivity contribution >= 4 is 28.2 Å². The minimum atomic E-state index is -0.247. The lowest BCUT2D eigenvalue weighted by atomic mass is 10.0. The minimum absolute atomic E-state index is 0.157. The summed E-state index contributed by atoms with van der Waals surface area (Å²) in [5.41, 5.74) is 2.92. The van der Waals surface area contributed by atoms with E-state index in [-0.39, 0.29) is 24.1 Å². The molecule has 9 heteroatoms. The molecule has 0 unspecified atom stereocenters. The summed E-state index contributed by atoms with van der Waals surface area (Å²) < 4.78 is 5.90. The zero-order valence-corrected chi connectivity index (χ0v) is 21.6. The molecule has 0 saturated carbocycles. The number of hydrogen-bond donors (Lipinski definition) is 1. The van der Waals surface area contributed by atoms with Crippen molar-refractivity contribution in [1.82, 2.24) is 14.9 Å². The second-order valence-electron chi connectivity index (χ2n) is 9.66. The number of fused-ring (bicyclic) bond motifs is 2. The number of nitriles is 1. The fourth-order valence-electron chi connectivity index (χ4n) is 5.39. The Kier molecular flexibility index (Phi) is 7.31. The van der Waals surface area contributed by atoms with Crippen LogP contribution in [-0.4, -0.2) is 64.7 Å². The Morgan fingerprint density at radius 2 is 2.08 bits per heavy atom. The molecule has 2 aromatic carbocycles. The summed E-state index contributed by atoms with van der Waals surface area (Å²) in [6.07, 6.45) is 3.10. The fraction of sp³-hybridized carbons (Fsp3) is 0.379. The molecule has 0 aliphatic carbocycles. The number of piperazine rings is 1. The van der Waals surface area contributed by atoms with Gasteiger partial charge in [-0.05, 0) is 30.4 Å². The van der Waals surface area contributed by atoms with Crippen LogP contribution in [0.5, 0.6) is 11.8 Å². The Hall–Kier alpha value is -4.32. The third-order valence-corrected chi connectivity index (χ3v) is 7.19. The topological polar surface area (TPSA) is 106 Å². The van der Waals surface area contributed by atoms with Gasteiger partial charge >= 0.3 is 6.01 Å². The number of rotatable bonds is 7. The quantitative estimate of drug-likeness (QED) is 0.477. The summed E-state index contributed by atoms with van der Waals surface area (Å²) in [7, 11) is 0. The Balaban J connectivity index is 1.50. The second-order valence-corrected chi connectivity index (χ2v) is 9.66. The van der Waals surface area contributed by atoms with E-state index < -0.39 is 0 Å². The van der Waals surface area contributed by atoms with Gasteiger partial charge in [0.25, 0.3) is 0 Å². The van der Waals surface area contributed by atoms with E-state index in [1.807, 2.05) is 31.2 Å². The van der Waals surface area contributed by atoms with Crippen LogP contribution in [0.4, 0.5) is 11.5 Å². The Morgan fingerprint density at radius 1 is 1.24 bits per heavy atom. The van der Waals surface area contributed by atoms with E-state index in [1.165, 1.54) is 6.08 Å². The van der Waals surface area contributed by atoms with Crippen molar-refractivity contribution in [3.63, 3.8) is 0 Å². The van der Waals surface area contributed by atoms with Gasteiger partial charge in [-0.3, -0.25) is 4.79 Å². The van der Waals surface area contributed by atoms with Crippen LogP contribution in [0.2, 0.25) is 0 Å². The van der Waals surface area contributed by atoms with E-state index in [1.54, 1.807) is 11.0 Å². The first-order valence-electron chi connectivity index (χ1n) is 13.1. The number of nitrogens with zero attached hydrogens (tertiary/aromatic N) is 6. The number of carbonyl (C=O) groups is 1. The largest absolute Gasteiger partial charge is 0.508 e. The Morgan fingerprint density at radius 3 is 2.87 bits per heavy atom. The molecule has 196 valence electrons. The molecule has 0 radical (unpaired) electrons. The summed E-state index contributed by atoms with van der Waals surface area (Å²) >= 11 is 0. The molecule has 1 aromatic heterocycles. The van der Waals surface area contributed by atoms with Crippen LogP contribution >= 0.6 is 0 Å². The van der Waals surface area contributed by atoms with Gasteiger partial charge in [-0.15, -0.1) is 0 Å².